The second-order valence-electron chi connectivity index (χ2n) is 9.04. The Morgan fingerprint density at radius 3 is 2.61 bits per heavy atom. The van der Waals surface area contributed by atoms with E-state index in [4.69, 9.17) is 4.42 Å². The number of carbonyl (C=O) groups excluding carboxylic acids is 1. The molecule has 2 atom stereocenters. The van der Waals surface area contributed by atoms with E-state index in [1.54, 1.807) is 13.0 Å². The number of likely N-dealkylation sites (tertiary alicyclic amines) is 1. The Balaban J connectivity index is 1.25. The van der Waals surface area contributed by atoms with Gasteiger partial charge in [0.2, 0.25) is 11.8 Å². The van der Waals surface area contributed by atoms with Gasteiger partial charge in [-0.15, -0.1) is 5.10 Å². The van der Waals surface area contributed by atoms with Crippen LogP contribution in [0.4, 0.5) is 14.8 Å². The van der Waals surface area contributed by atoms with E-state index in [0.717, 1.165) is 25.9 Å². The maximum atomic E-state index is 13.4. The number of alkyl halides is 2. The summed E-state index contributed by atoms with van der Waals surface area (Å²) in [5.74, 6) is -3.50. The molecule has 2 heterocycles. The molecule has 0 unspecified atom stereocenters. The summed E-state index contributed by atoms with van der Waals surface area (Å²) >= 11 is 0. The molecule has 7 nitrogen and oxygen atoms in total. The zero-order valence-electron chi connectivity index (χ0n) is 17.2. The maximum Gasteiger partial charge on any atom is 0.316 e. The quantitative estimate of drug-likeness (QED) is 0.777. The van der Waals surface area contributed by atoms with E-state index in [2.05, 4.69) is 15.5 Å². The van der Waals surface area contributed by atoms with Crippen LogP contribution < -0.4 is 5.32 Å². The average Bonchev–Trinajstić information content (AvgIpc) is 3.60. The van der Waals surface area contributed by atoms with Gasteiger partial charge >= 0.3 is 6.01 Å². The van der Waals surface area contributed by atoms with E-state index >= 15 is 0 Å². The van der Waals surface area contributed by atoms with Crippen molar-refractivity contribution in [3.05, 3.63) is 29.3 Å². The zero-order valence-corrected chi connectivity index (χ0v) is 17.2. The van der Waals surface area contributed by atoms with E-state index in [1.165, 1.54) is 25.0 Å². The summed E-state index contributed by atoms with van der Waals surface area (Å²) in [6.07, 6.45) is 4.47. The topological polar surface area (TPSA) is 95.0 Å². The number of hydrogen-bond acceptors (Lipinski definition) is 6. The van der Waals surface area contributed by atoms with Crippen LogP contribution in [0.25, 0.3) is 11.5 Å². The Hall–Kier alpha value is -3.02. The Kier molecular flexibility index (Phi) is 4.50. The molecular formula is C22H23F2N5O2. The summed E-state index contributed by atoms with van der Waals surface area (Å²) in [5, 5.41) is 20.2. The lowest BCUT2D eigenvalue weighted by atomic mass is 9.93. The number of piperidine rings is 1. The molecule has 2 saturated carbocycles. The predicted molar refractivity (Wildman–Crippen MR) is 107 cm³/mol. The second kappa shape index (κ2) is 7.01. The highest BCUT2D eigenvalue weighted by molar-refractivity contribution is 5.83. The lowest BCUT2D eigenvalue weighted by Crippen LogP contribution is -2.45. The van der Waals surface area contributed by atoms with Gasteiger partial charge in [0.15, 0.2) is 0 Å². The van der Waals surface area contributed by atoms with Crippen LogP contribution in [0, 0.1) is 16.7 Å². The van der Waals surface area contributed by atoms with Crippen molar-refractivity contribution in [1.82, 2.24) is 15.1 Å². The summed E-state index contributed by atoms with van der Waals surface area (Å²) < 4.78 is 32.4. The van der Waals surface area contributed by atoms with Gasteiger partial charge in [-0.05, 0) is 55.7 Å². The smallest absolute Gasteiger partial charge is 0.316 e. The summed E-state index contributed by atoms with van der Waals surface area (Å²) in [4.78, 5) is 14.6. The Morgan fingerprint density at radius 2 is 2.00 bits per heavy atom. The van der Waals surface area contributed by atoms with E-state index in [9.17, 15) is 18.8 Å². The van der Waals surface area contributed by atoms with Gasteiger partial charge in [-0.2, -0.15) is 5.26 Å². The molecule has 1 aromatic carbocycles. The SMILES string of the molecule is C[C@H](Nc1nnc(-c2ccc([C@H]3CC3(F)F)c(C#N)c2)o1)C(=O)N1CCC2(CC1)CC2. The number of nitrogens with one attached hydrogen (secondary N) is 1. The van der Waals surface area contributed by atoms with Crippen molar-refractivity contribution in [2.75, 3.05) is 18.4 Å². The molecule has 2 aromatic rings. The molecular weight excluding hydrogens is 404 g/mol. The van der Waals surface area contributed by atoms with E-state index in [-0.39, 0.29) is 29.8 Å². The lowest BCUT2D eigenvalue weighted by molar-refractivity contribution is -0.133. The van der Waals surface area contributed by atoms with Gasteiger partial charge in [-0.25, -0.2) is 8.78 Å². The van der Waals surface area contributed by atoms with Crippen molar-refractivity contribution in [1.29, 1.82) is 5.26 Å². The number of nitrogens with zero attached hydrogens (tertiary/aromatic N) is 4. The van der Waals surface area contributed by atoms with Crippen LogP contribution in [0.15, 0.2) is 22.6 Å². The fraction of sp³-hybridized carbons (Fsp3) is 0.545. The molecule has 0 bridgehead atoms. The van der Waals surface area contributed by atoms with Gasteiger partial charge in [0.25, 0.3) is 5.92 Å². The molecule has 1 N–H and O–H groups in total. The highest BCUT2D eigenvalue weighted by Gasteiger charge is 2.58. The van der Waals surface area contributed by atoms with Gasteiger partial charge in [-0.1, -0.05) is 11.2 Å². The second-order valence-corrected chi connectivity index (χ2v) is 9.04. The minimum Gasteiger partial charge on any atom is -0.403 e. The zero-order chi connectivity index (χ0) is 21.8. The van der Waals surface area contributed by atoms with E-state index in [1.807, 2.05) is 11.0 Å². The molecule has 1 aliphatic heterocycles. The molecule has 1 amide bonds. The third-order valence-electron chi connectivity index (χ3n) is 6.85. The van der Waals surface area contributed by atoms with Crippen molar-refractivity contribution in [3.8, 4) is 17.5 Å². The van der Waals surface area contributed by atoms with Crippen molar-refractivity contribution in [2.45, 2.75) is 56.9 Å². The predicted octanol–water partition coefficient (Wildman–Crippen LogP) is 3.93. The van der Waals surface area contributed by atoms with Crippen molar-refractivity contribution in [3.63, 3.8) is 0 Å². The normalized spacial score (nSPS) is 23.8. The number of anilines is 1. The van der Waals surface area contributed by atoms with Gasteiger partial charge in [0.05, 0.1) is 17.6 Å². The molecule has 1 saturated heterocycles. The fourth-order valence-electron chi connectivity index (χ4n) is 4.44. The van der Waals surface area contributed by atoms with Crippen LogP contribution in [0.3, 0.4) is 0 Å². The van der Waals surface area contributed by atoms with E-state index < -0.39 is 17.9 Å². The molecule has 5 rings (SSSR count). The number of halogens is 2. The first kappa shape index (κ1) is 19.9. The Bertz CT molecular complexity index is 1060. The molecule has 0 radical (unpaired) electrons. The van der Waals surface area contributed by atoms with Crippen molar-refractivity contribution >= 4 is 11.9 Å². The molecule has 2 aliphatic carbocycles. The minimum atomic E-state index is -2.75. The van der Waals surface area contributed by atoms with E-state index in [0.29, 0.717) is 16.5 Å². The first-order chi connectivity index (χ1) is 14.8. The summed E-state index contributed by atoms with van der Waals surface area (Å²) in [6, 6.07) is 6.16. The largest absolute Gasteiger partial charge is 0.403 e. The summed E-state index contributed by atoms with van der Waals surface area (Å²) in [6.45, 7) is 3.32. The van der Waals surface area contributed by atoms with Crippen molar-refractivity contribution in [2.24, 2.45) is 5.41 Å². The molecule has 1 aromatic heterocycles. The van der Waals surface area contributed by atoms with Crippen LogP contribution in [-0.4, -0.2) is 46.1 Å². The van der Waals surface area contributed by atoms with Crippen molar-refractivity contribution < 1.29 is 18.0 Å². The average molecular weight is 427 g/mol. The fourth-order valence-corrected chi connectivity index (χ4v) is 4.44. The first-order valence-corrected chi connectivity index (χ1v) is 10.6. The third kappa shape index (κ3) is 3.75. The van der Waals surface area contributed by atoms with Crippen LogP contribution in [0.2, 0.25) is 0 Å². The molecule has 162 valence electrons. The van der Waals surface area contributed by atoms with Crippen LogP contribution >= 0.6 is 0 Å². The lowest BCUT2D eigenvalue weighted by Gasteiger charge is -2.33. The number of amides is 1. The van der Waals surface area contributed by atoms with Crippen LogP contribution in [0.1, 0.15) is 56.1 Å². The molecule has 9 heteroatoms. The number of nitriles is 1. The Labute approximate surface area is 178 Å². The van der Waals surface area contributed by atoms with Crippen LogP contribution in [-0.2, 0) is 4.79 Å². The first-order valence-electron chi connectivity index (χ1n) is 10.6. The molecule has 31 heavy (non-hydrogen) atoms. The summed E-state index contributed by atoms with van der Waals surface area (Å²) in [5.41, 5.74) is 1.48. The number of rotatable bonds is 5. The monoisotopic (exact) mass is 427 g/mol. The standard InChI is InChI=1S/C22H23F2N5O2/c1-13(19(30)29-8-6-21(4-5-21)7-9-29)26-20-28-27-18(31-20)14-2-3-16(15(10-14)12-25)17-11-22(17,23)24/h2-3,10,13,17H,4-9,11H2,1H3,(H,26,28)/t13-,17+/m0/s1. The molecule has 3 aliphatic rings. The van der Waals surface area contributed by atoms with Gasteiger partial charge in [0.1, 0.15) is 6.04 Å². The van der Waals surface area contributed by atoms with Crippen LogP contribution in [0.5, 0.6) is 0 Å². The van der Waals surface area contributed by atoms with Gasteiger partial charge in [0, 0.05) is 25.1 Å². The molecule has 1 spiro atoms. The maximum absolute atomic E-state index is 13.4. The van der Waals surface area contributed by atoms with Gasteiger partial charge < -0.3 is 14.6 Å². The van der Waals surface area contributed by atoms with Gasteiger partial charge in [-0.3, -0.25) is 4.79 Å². The Morgan fingerprint density at radius 1 is 1.29 bits per heavy atom. The molecule has 3 fully saturated rings. The highest BCUT2D eigenvalue weighted by atomic mass is 19.3. The third-order valence-corrected chi connectivity index (χ3v) is 6.85. The summed E-state index contributed by atoms with van der Waals surface area (Å²) in [7, 11) is 0. The number of hydrogen-bond donors (Lipinski definition) is 1. The number of benzene rings is 1. The number of aromatic nitrogens is 2. The highest BCUT2D eigenvalue weighted by Crippen LogP contribution is 2.56. The number of carbonyl (C=O) groups is 1. The minimum absolute atomic E-state index is 0.00303.